The molecule has 5 nitrogen and oxygen atoms in total. The van der Waals surface area contributed by atoms with E-state index in [1.54, 1.807) is 6.07 Å². The van der Waals surface area contributed by atoms with Gasteiger partial charge in [-0.15, -0.1) is 0 Å². The highest BCUT2D eigenvalue weighted by Gasteiger charge is 2.28. The standard InChI is InChI=1S/C13H19ClFN3O2S/c1-21(19,20)18-6-4-17(5-7-18)13(9-16)10-2-3-11(14)12(15)8-10/h2-3,8,13H,4-7,9,16H2,1H3. The van der Waals surface area contributed by atoms with E-state index in [2.05, 4.69) is 4.90 Å². The van der Waals surface area contributed by atoms with Crippen LogP contribution < -0.4 is 5.73 Å². The highest BCUT2D eigenvalue weighted by Crippen LogP contribution is 2.25. The second-order valence-corrected chi connectivity index (χ2v) is 7.51. The summed E-state index contributed by atoms with van der Waals surface area (Å²) in [6, 6.07) is 4.52. The van der Waals surface area contributed by atoms with Crippen LogP contribution in [0.15, 0.2) is 18.2 Å². The van der Waals surface area contributed by atoms with Crippen molar-refractivity contribution in [2.45, 2.75) is 6.04 Å². The van der Waals surface area contributed by atoms with Gasteiger partial charge in [-0.1, -0.05) is 17.7 Å². The van der Waals surface area contributed by atoms with E-state index in [1.165, 1.54) is 22.7 Å². The highest BCUT2D eigenvalue weighted by atomic mass is 35.5. The van der Waals surface area contributed by atoms with Crippen molar-refractivity contribution in [2.24, 2.45) is 5.73 Å². The van der Waals surface area contributed by atoms with E-state index in [0.717, 1.165) is 5.56 Å². The normalized spacial score (nSPS) is 19.6. The van der Waals surface area contributed by atoms with Gasteiger partial charge in [-0.3, -0.25) is 4.90 Å². The third-order valence-corrected chi connectivity index (χ3v) is 5.34. The second-order valence-electron chi connectivity index (χ2n) is 5.12. The zero-order chi connectivity index (χ0) is 15.6. The number of nitrogens with zero attached hydrogens (tertiary/aromatic N) is 2. The minimum Gasteiger partial charge on any atom is -0.329 e. The molecule has 1 atom stereocenters. The Labute approximate surface area is 129 Å². The van der Waals surface area contributed by atoms with Crippen LogP contribution in [0.1, 0.15) is 11.6 Å². The van der Waals surface area contributed by atoms with Crippen molar-refractivity contribution in [3.05, 3.63) is 34.6 Å². The fourth-order valence-electron chi connectivity index (χ4n) is 2.56. The molecule has 1 aromatic rings. The molecule has 0 aromatic heterocycles. The molecule has 0 amide bonds. The highest BCUT2D eigenvalue weighted by molar-refractivity contribution is 7.88. The van der Waals surface area contributed by atoms with Gasteiger partial charge in [0.1, 0.15) is 5.82 Å². The maximum absolute atomic E-state index is 13.6. The predicted octanol–water partition coefficient (Wildman–Crippen LogP) is 1.06. The molecule has 0 radical (unpaired) electrons. The Bertz CT molecular complexity index is 603. The largest absolute Gasteiger partial charge is 0.329 e. The third kappa shape index (κ3) is 3.92. The molecule has 21 heavy (non-hydrogen) atoms. The molecule has 118 valence electrons. The number of rotatable bonds is 4. The van der Waals surface area contributed by atoms with E-state index in [-0.39, 0.29) is 11.1 Å². The van der Waals surface area contributed by atoms with Gasteiger partial charge in [0, 0.05) is 38.8 Å². The van der Waals surface area contributed by atoms with Crippen molar-refractivity contribution in [1.29, 1.82) is 0 Å². The lowest BCUT2D eigenvalue weighted by Crippen LogP contribution is -2.50. The van der Waals surface area contributed by atoms with Crippen LogP contribution in [0.5, 0.6) is 0 Å². The van der Waals surface area contributed by atoms with Gasteiger partial charge in [-0.2, -0.15) is 4.31 Å². The molecule has 2 rings (SSSR count). The van der Waals surface area contributed by atoms with Gasteiger partial charge in [-0.05, 0) is 17.7 Å². The molecule has 8 heteroatoms. The van der Waals surface area contributed by atoms with Crippen molar-refractivity contribution >= 4 is 21.6 Å². The fourth-order valence-corrected chi connectivity index (χ4v) is 3.51. The van der Waals surface area contributed by atoms with Crippen molar-refractivity contribution < 1.29 is 12.8 Å². The predicted molar refractivity (Wildman–Crippen MR) is 81.2 cm³/mol. The fraction of sp³-hybridized carbons (Fsp3) is 0.538. The summed E-state index contributed by atoms with van der Waals surface area (Å²) in [6.07, 6.45) is 1.21. The maximum Gasteiger partial charge on any atom is 0.211 e. The molecule has 2 N–H and O–H groups in total. The monoisotopic (exact) mass is 335 g/mol. The SMILES string of the molecule is CS(=O)(=O)N1CCN(C(CN)c2ccc(Cl)c(F)c2)CC1. The summed E-state index contributed by atoms with van der Waals surface area (Å²) in [7, 11) is -3.16. The van der Waals surface area contributed by atoms with E-state index < -0.39 is 15.8 Å². The molecule has 1 fully saturated rings. The quantitative estimate of drug-likeness (QED) is 0.893. The second kappa shape index (κ2) is 6.58. The van der Waals surface area contributed by atoms with Gasteiger partial charge in [0.2, 0.25) is 10.0 Å². The van der Waals surface area contributed by atoms with Crippen molar-refractivity contribution in [3.63, 3.8) is 0 Å². The molecule has 1 aliphatic rings. The summed E-state index contributed by atoms with van der Waals surface area (Å²) in [6.45, 7) is 2.31. The number of sulfonamides is 1. The maximum atomic E-state index is 13.6. The Balaban J connectivity index is 2.11. The molecule has 1 aliphatic heterocycles. The molecule has 1 heterocycles. The number of nitrogens with two attached hydrogens (primary N) is 1. The molecule has 0 aliphatic carbocycles. The summed E-state index contributed by atoms with van der Waals surface area (Å²) in [5.41, 5.74) is 6.57. The lowest BCUT2D eigenvalue weighted by Gasteiger charge is -2.38. The Morgan fingerprint density at radius 3 is 2.43 bits per heavy atom. The molecule has 1 aromatic carbocycles. The summed E-state index contributed by atoms with van der Waals surface area (Å²) < 4.78 is 38.0. The first-order valence-corrected chi connectivity index (χ1v) is 8.89. The first kappa shape index (κ1) is 16.6. The van der Waals surface area contributed by atoms with Gasteiger partial charge >= 0.3 is 0 Å². The number of halogens is 2. The molecule has 1 saturated heterocycles. The molecular weight excluding hydrogens is 317 g/mol. The van der Waals surface area contributed by atoms with E-state index in [9.17, 15) is 12.8 Å². The lowest BCUT2D eigenvalue weighted by molar-refractivity contribution is 0.140. The van der Waals surface area contributed by atoms with Crippen molar-refractivity contribution in [2.75, 3.05) is 39.0 Å². The molecule has 0 saturated carbocycles. The van der Waals surface area contributed by atoms with Gasteiger partial charge < -0.3 is 5.73 Å². The topological polar surface area (TPSA) is 66.6 Å². The van der Waals surface area contributed by atoms with Crippen molar-refractivity contribution in [3.8, 4) is 0 Å². The minimum absolute atomic E-state index is 0.0800. The van der Waals surface area contributed by atoms with Crippen LogP contribution in [0, 0.1) is 5.82 Å². The third-order valence-electron chi connectivity index (χ3n) is 3.73. The molecule has 0 spiro atoms. The number of hydrogen-bond acceptors (Lipinski definition) is 4. The summed E-state index contributed by atoms with van der Waals surface area (Å²) in [5, 5.41) is 0.0800. The first-order chi connectivity index (χ1) is 9.82. The van der Waals surface area contributed by atoms with Gasteiger partial charge in [0.15, 0.2) is 0 Å². The number of benzene rings is 1. The minimum atomic E-state index is -3.16. The van der Waals surface area contributed by atoms with Crippen LogP contribution in [0.3, 0.4) is 0 Å². The average Bonchev–Trinajstić information content (AvgIpc) is 2.43. The summed E-state index contributed by atoms with van der Waals surface area (Å²) in [5.74, 6) is -0.470. The van der Waals surface area contributed by atoms with Gasteiger partial charge in [-0.25, -0.2) is 12.8 Å². The molecule has 1 unspecified atom stereocenters. The van der Waals surface area contributed by atoms with Crippen LogP contribution in [-0.2, 0) is 10.0 Å². The Morgan fingerprint density at radius 1 is 1.33 bits per heavy atom. The van der Waals surface area contributed by atoms with Gasteiger partial charge in [0.25, 0.3) is 0 Å². The summed E-state index contributed by atoms with van der Waals surface area (Å²) >= 11 is 5.69. The van der Waals surface area contributed by atoms with E-state index in [0.29, 0.717) is 32.7 Å². The zero-order valence-electron chi connectivity index (χ0n) is 11.8. The van der Waals surface area contributed by atoms with E-state index in [4.69, 9.17) is 17.3 Å². The van der Waals surface area contributed by atoms with E-state index in [1.807, 2.05) is 0 Å². The van der Waals surface area contributed by atoms with Gasteiger partial charge in [0.05, 0.1) is 11.3 Å². The van der Waals surface area contributed by atoms with Crippen LogP contribution in [-0.4, -0.2) is 56.6 Å². The first-order valence-electron chi connectivity index (χ1n) is 6.67. The summed E-state index contributed by atoms with van der Waals surface area (Å²) in [4.78, 5) is 2.07. The Kier molecular flexibility index (Phi) is 5.21. The lowest BCUT2D eigenvalue weighted by atomic mass is 10.0. The Morgan fingerprint density at radius 2 is 1.95 bits per heavy atom. The smallest absolute Gasteiger partial charge is 0.211 e. The molecular formula is C13H19ClFN3O2S. The zero-order valence-corrected chi connectivity index (χ0v) is 13.4. The molecule has 0 bridgehead atoms. The Hall–Kier alpha value is -0.730. The van der Waals surface area contributed by atoms with Crippen LogP contribution in [0.2, 0.25) is 5.02 Å². The average molecular weight is 336 g/mol. The van der Waals surface area contributed by atoms with Crippen LogP contribution in [0.4, 0.5) is 4.39 Å². The van der Waals surface area contributed by atoms with Crippen molar-refractivity contribution in [1.82, 2.24) is 9.21 Å². The number of piperazine rings is 1. The van der Waals surface area contributed by atoms with Crippen LogP contribution in [0.25, 0.3) is 0 Å². The van der Waals surface area contributed by atoms with E-state index >= 15 is 0 Å². The number of hydrogen-bond donors (Lipinski definition) is 1. The van der Waals surface area contributed by atoms with Crippen LogP contribution >= 0.6 is 11.6 Å².